The van der Waals surface area contributed by atoms with E-state index in [4.69, 9.17) is 16.7 Å². The molecule has 2 N–H and O–H groups in total. The molecule has 0 heterocycles. The normalized spacial score (nSPS) is 18.5. The number of carboxylic acids is 1. The molecule has 0 radical (unpaired) electrons. The van der Waals surface area contributed by atoms with E-state index in [0.29, 0.717) is 5.56 Å². The number of benzene rings is 1. The summed E-state index contributed by atoms with van der Waals surface area (Å²) >= 11 is 6.59. The molecule has 1 aliphatic rings. The van der Waals surface area contributed by atoms with Crippen molar-refractivity contribution in [2.24, 2.45) is 0 Å². The molecule has 4 heteroatoms. The number of alkyl halides is 1. The predicted octanol–water partition coefficient (Wildman–Crippen LogP) is 3.42. The van der Waals surface area contributed by atoms with Crippen molar-refractivity contribution in [1.29, 1.82) is 0 Å². The Kier molecular flexibility index (Phi) is 3.81. The smallest absolute Gasteiger partial charge is 0.307 e. The minimum atomic E-state index is -0.902. The summed E-state index contributed by atoms with van der Waals surface area (Å²) in [6.07, 6.45) is 4.97. The molecule has 1 fully saturated rings. The minimum absolute atomic E-state index is 0.0802. The highest BCUT2D eigenvalue weighted by Crippen LogP contribution is 2.46. The molecule has 0 saturated heterocycles. The SMILES string of the molecule is O=C(O)Cc1ccc(C2(Cl)CCCCC2)c(O)c1. The maximum atomic E-state index is 10.6. The van der Waals surface area contributed by atoms with Gasteiger partial charge in [0, 0.05) is 5.56 Å². The average molecular weight is 269 g/mol. The van der Waals surface area contributed by atoms with Crippen LogP contribution >= 0.6 is 11.6 Å². The second-order valence-electron chi connectivity index (χ2n) is 4.95. The van der Waals surface area contributed by atoms with Crippen LogP contribution in [0.4, 0.5) is 0 Å². The summed E-state index contributed by atoms with van der Waals surface area (Å²) in [6, 6.07) is 5.02. The Morgan fingerprint density at radius 3 is 2.50 bits per heavy atom. The van der Waals surface area contributed by atoms with Gasteiger partial charge in [-0.1, -0.05) is 31.4 Å². The third kappa shape index (κ3) is 2.78. The second kappa shape index (κ2) is 5.19. The number of aliphatic carboxylic acids is 1. The summed E-state index contributed by atoms with van der Waals surface area (Å²) in [5.74, 6) is -0.786. The number of halogens is 1. The first-order valence-electron chi connectivity index (χ1n) is 6.24. The summed E-state index contributed by atoms with van der Waals surface area (Å²) in [6.45, 7) is 0. The van der Waals surface area contributed by atoms with Gasteiger partial charge in [0.05, 0.1) is 11.3 Å². The van der Waals surface area contributed by atoms with Crippen LogP contribution in [0.2, 0.25) is 0 Å². The van der Waals surface area contributed by atoms with E-state index in [-0.39, 0.29) is 12.2 Å². The van der Waals surface area contributed by atoms with Crippen molar-refractivity contribution < 1.29 is 15.0 Å². The third-order valence-corrected chi connectivity index (χ3v) is 4.13. The molecule has 0 aliphatic heterocycles. The highest BCUT2D eigenvalue weighted by Gasteiger charge is 2.33. The van der Waals surface area contributed by atoms with Crippen LogP contribution in [-0.2, 0) is 16.1 Å². The van der Waals surface area contributed by atoms with E-state index in [1.807, 2.05) is 0 Å². The number of phenolic OH excluding ortho intramolecular Hbond substituents is 1. The Labute approximate surface area is 111 Å². The highest BCUT2D eigenvalue weighted by molar-refractivity contribution is 6.24. The van der Waals surface area contributed by atoms with E-state index in [0.717, 1.165) is 31.2 Å². The highest BCUT2D eigenvalue weighted by atomic mass is 35.5. The molecule has 0 unspecified atom stereocenters. The zero-order valence-corrected chi connectivity index (χ0v) is 10.9. The van der Waals surface area contributed by atoms with Crippen LogP contribution in [0, 0.1) is 0 Å². The molecule has 0 aromatic heterocycles. The second-order valence-corrected chi connectivity index (χ2v) is 5.67. The largest absolute Gasteiger partial charge is 0.508 e. The number of aromatic hydroxyl groups is 1. The summed E-state index contributed by atoms with van der Waals surface area (Å²) in [7, 11) is 0. The lowest BCUT2D eigenvalue weighted by Crippen LogP contribution is -2.22. The van der Waals surface area contributed by atoms with Gasteiger partial charge in [-0.2, -0.15) is 0 Å². The maximum absolute atomic E-state index is 10.6. The van der Waals surface area contributed by atoms with Crippen LogP contribution in [0.15, 0.2) is 18.2 Å². The predicted molar refractivity (Wildman–Crippen MR) is 70.1 cm³/mol. The first-order valence-corrected chi connectivity index (χ1v) is 6.62. The van der Waals surface area contributed by atoms with Crippen molar-refractivity contribution in [3.8, 4) is 5.75 Å². The zero-order valence-electron chi connectivity index (χ0n) is 10.2. The van der Waals surface area contributed by atoms with Gasteiger partial charge < -0.3 is 10.2 Å². The lowest BCUT2D eigenvalue weighted by atomic mass is 9.82. The van der Waals surface area contributed by atoms with Crippen LogP contribution in [0.25, 0.3) is 0 Å². The number of carbonyl (C=O) groups is 1. The number of phenols is 1. The van der Waals surface area contributed by atoms with Gasteiger partial charge in [-0.25, -0.2) is 0 Å². The van der Waals surface area contributed by atoms with Gasteiger partial charge in [0.25, 0.3) is 0 Å². The van der Waals surface area contributed by atoms with Crippen LogP contribution in [0.5, 0.6) is 5.75 Å². The van der Waals surface area contributed by atoms with Crippen molar-refractivity contribution in [1.82, 2.24) is 0 Å². The van der Waals surface area contributed by atoms with E-state index < -0.39 is 10.8 Å². The third-order valence-electron chi connectivity index (χ3n) is 3.55. The molecule has 2 rings (SSSR count). The van der Waals surface area contributed by atoms with Gasteiger partial charge in [-0.15, -0.1) is 11.6 Å². The monoisotopic (exact) mass is 268 g/mol. The molecule has 0 bridgehead atoms. The molecule has 98 valence electrons. The molecule has 18 heavy (non-hydrogen) atoms. The molecule has 1 aromatic carbocycles. The van der Waals surface area contributed by atoms with Crippen LogP contribution < -0.4 is 0 Å². The average Bonchev–Trinajstić information content (AvgIpc) is 2.28. The Morgan fingerprint density at radius 1 is 1.28 bits per heavy atom. The van der Waals surface area contributed by atoms with Crippen molar-refractivity contribution >= 4 is 17.6 Å². The quantitative estimate of drug-likeness (QED) is 0.826. The van der Waals surface area contributed by atoms with Crippen molar-refractivity contribution in [3.05, 3.63) is 29.3 Å². The fourth-order valence-corrected chi connectivity index (χ4v) is 3.05. The molecule has 0 amide bonds. The van der Waals surface area contributed by atoms with Gasteiger partial charge >= 0.3 is 5.97 Å². The van der Waals surface area contributed by atoms with E-state index >= 15 is 0 Å². The summed E-state index contributed by atoms with van der Waals surface area (Å²) < 4.78 is 0. The van der Waals surface area contributed by atoms with E-state index in [2.05, 4.69) is 0 Å². The molecular formula is C14H17ClO3. The topological polar surface area (TPSA) is 57.5 Å². The molecule has 0 atom stereocenters. The van der Waals surface area contributed by atoms with Gasteiger partial charge in [0.15, 0.2) is 0 Å². The van der Waals surface area contributed by atoms with Gasteiger partial charge in [0.2, 0.25) is 0 Å². The molecule has 3 nitrogen and oxygen atoms in total. The number of rotatable bonds is 3. The van der Waals surface area contributed by atoms with Crippen LogP contribution in [0.1, 0.15) is 43.2 Å². The van der Waals surface area contributed by atoms with Crippen molar-refractivity contribution in [3.63, 3.8) is 0 Å². The summed E-state index contributed by atoms with van der Waals surface area (Å²) in [4.78, 5) is 10.1. The summed E-state index contributed by atoms with van der Waals surface area (Å²) in [5, 5.41) is 18.8. The molecule has 1 saturated carbocycles. The molecule has 1 aliphatic carbocycles. The Bertz CT molecular complexity index is 450. The Morgan fingerprint density at radius 2 is 1.94 bits per heavy atom. The number of carboxylic acid groups (broad SMARTS) is 1. The van der Waals surface area contributed by atoms with Gasteiger partial charge in [-0.05, 0) is 24.5 Å². The lowest BCUT2D eigenvalue weighted by Gasteiger charge is -2.32. The standard InChI is InChI=1S/C14H17ClO3/c15-14(6-2-1-3-7-14)11-5-4-10(8-12(11)16)9-13(17)18/h4-5,8,16H,1-3,6-7,9H2,(H,17,18). The van der Waals surface area contributed by atoms with Gasteiger partial charge in [0.1, 0.15) is 5.75 Å². The van der Waals surface area contributed by atoms with Crippen LogP contribution in [0.3, 0.4) is 0 Å². The van der Waals surface area contributed by atoms with E-state index in [1.165, 1.54) is 12.5 Å². The van der Waals surface area contributed by atoms with Crippen molar-refractivity contribution in [2.75, 3.05) is 0 Å². The molecular weight excluding hydrogens is 252 g/mol. The van der Waals surface area contributed by atoms with E-state index in [9.17, 15) is 9.90 Å². The lowest BCUT2D eigenvalue weighted by molar-refractivity contribution is -0.136. The van der Waals surface area contributed by atoms with Gasteiger partial charge in [-0.3, -0.25) is 4.79 Å². The van der Waals surface area contributed by atoms with Crippen molar-refractivity contribution in [2.45, 2.75) is 43.4 Å². The summed E-state index contributed by atoms with van der Waals surface area (Å²) in [5.41, 5.74) is 1.33. The number of hydrogen-bond donors (Lipinski definition) is 2. The fourth-order valence-electron chi connectivity index (χ4n) is 2.62. The van der Waals surface area contributed by atoms with E-state index in [1.54, 1.807) is 12.1 Å². The first kappa shape index (κ1) is 13.2. The maximum Gasteiger partial charge on any atom is 0.307 e. The number of hydrogen-bond acceptors (Lipinski definition) is 2. The van der Waals surface area contributed by atoms with Crippen LogP contribution in [-0.4, -0.2) is 16.2 Å². The minimum Gasteiger partial charge on any atom is -0.508 e. The Balaban J connectivity index is 2.26. The zero-order chi connectivity index (χ0) is 13.2. The molecule has 1 aromatic rings. The first-order chi connectivity index (χ1) is 8.51. The Hall–Kier alpha value is -1.22. The molecule has 0 spiro atoms. The fraction of sp³-hybridized carbons (Fsp3) is 0.500.